The number of hydrogen-bond acceptors (Lipinski definition) is 9. The van der Waals surface area contributed by atoms with Gasteiger partial charge in [0.1, 0.15) is 6.04 Å². The van der Waals surface area contributed by atoms with Crippen molar-refractivity contribution in [2.75, 3.05) is 25.4 Å². The van der Waals surface area contributed by atoms with Gasteiger partial charge in [-0.2, -0.15) is 0 Å². The van der Waals surface area contributed by atoms with Gasteiger partial charge in [-0.25, -0.2) is 31.3 Å². The number of allylic oxidation sites excluding steroid dienone is 1. The van der Waals surface area contributed by atoms with E-state index >= 15 is 0 Å². The molecule has 15 heteroatoms. The number of aliphatic imine (C=N–C) groups is 1. The zero-order valence-corrected chi connectivity index (χ0v) is 26.4. The second kappa shape index (κ2) is 13.6. The molecule has 1 aliphatic carbocycles. The molecule has 1 aromatic heterocycles. The summed E-state index contributed by atoms with van der Waals surface area (Å²) in [7, 11) is -3.60. The van der Waals surface area contributed by atoms with Crippen LogP contribution in [0.5, 0.6) is 0 Å². The average Bonchev–Trinajstić information content (AvgIpc) is 3.55. The van der Waals surface area contributed by atoms with Crippen LogP contribution < -0.4 is 5.32 Å². The summed E-state index contributed by atoms with van der Waals surface area (Å²) in [5, 5.41) is 14.2. The molecule has 44 heavy (non-hydrogen) atoms. The molecule has 5 rings (SSSR count). The molecule has 0 radical (unpaired) electrons. The summed E-state index contributed by atoms with van der Waals surface area (Å²) in [5.41, 5.74) is 0.634. The van der Waals surface area contributed by atoms with Gasteiger partial charge in [0.25, 0.3) is 0 Å². The fourth-order valence-corrected chi connectivity index (χ4v) is 8.90. The van der Waals surface area contributed by atoms with Crippen LogP contribution in [0.25, 0.3) is 0 Å². The third-order valence-corrected chi connectivity index (χ3v) is 11.7. The number of sulfonamides is 1. The molecule has 0 amide bonds. The van der Waals surface area contributed by atoms with E-state index in [4.69, 9.17) is 16.3 Å². The van der Waals surface area contributed by atoms with E-state index in [2.05, 4.69) is 15.3 Å². The Bertz CT molecular complexity index is 1570. The molecular formula is C29H33ClF2N4O6S2. The summed E-state index contributed by atoms with van der Waals surface area (Å²) in [5.74, 6) is -4.47. The molecule has 2 fully saturated rings. The smallest absolute Gasteiger partial charge is 0.338 e. The van der Waals surface area contributed by atoms with E-state index in [9.17, 15) is 31.9 Å². The zero-order chi connectivity index (χ0) is 31.6. The molecule has 1 aromatic carbocycles. The van der Waals surface area contributed by atoms with E-state index < -0.39 is 50.6 Å². The molecule has 2 aliphatic heterocycles. The van der Waals surface area contributed by atoms with Crippen LogP contribution in [0.4, 0.5) is 8.78 Å². The number of thiazole rings is 1. The van der Waals surface area contributed by atoms with E-state index in [-0.39, 0.29) is 48.4 Å². The number of ether oxygens (including phenoxy) is 1. The lowest BCUT2D eigenvalue weighted by Crippen LogP contribution is -2.44. The number of amidine groups is 1. The number of hydrogen-bond donors (Lipinski definition) is 2. The highest BCUT2D eigenvalue weighted by atomic mass is 35.5. The Morgan fingerprint density at radius 2 is 1.86 bits per heavy atom. The second-order valence-corrected chi connectivity index (χ2v) is 14.4. The van der Waals surface area contributed by atoms with Crippen LogP contribution in [0.3, 0.4) is 0 Å². The van der Waals surface area contributed by atoms with Crippen molar-refractivity contribution in [2.24, 2.45) is 22.7 Å². The van der Waals surface area contributed by atoms with Crippen LogP contribution in [0.15, 0.2) is 40.0 Å². The van der Waals surface area contributed by atoms with Gasteiger partial charge in [-0.1, -0.05) is 17.7 Å². The van der Waals surface area contributed by atoms with Crippen molar-refractivity contribution >= 4 is 50.7 Å². The molecule has 0 bridgehead atoms. The maximum Gasteiger partial charge on any atom is 0.338 e. The number of aromatic nitrogens is 1. The Morgan fingerprint density at radius 1 is 1.16 bits per heavy atom. The fourth-order valence-electron chi connectivity index (χ4n) is 6.15. The fraction of sp³-hybridized carbons (Fsp3) is 0.517. The van der Waals surface area contributed by atoms with Gasteiger partial charge >= 0.3 is 11.9 Å². The quantitative estimate of drug-likeness (QED) is 0.283. The first-order chi connectivity index (χ1) is 21.0. The van der Waals surface area contributed by atoms with E-state index in [1.165, 1.54) is 21.7 Å². The summed E-state index contributed by atoms with van der Waals surface area (Å²) < 4.78 is 62.2. The van der Waals surface area contributed by atoms with Gasteiger partial charge in [-0.15, -0.1) is 11.3 Å². The van der Waals surface area contributed by atoms with Crippen LogP contribution in [0, 0.1) is 29.4 Å². The standard InChI is InChI=1S/C29H33ClF2N4O6S2/c1-2-42-29(39)21-24(17-9-12-36(13-10-17)44(40,41)15-16-3-5-18(6-4-16)28(37)38)34-26(27-33-11-14-43-27)35-25(21)19-7-8-20(31)23(32)22(19)30/h7-8,11,14,16-18,25H,2-6,9-10,12-13,15H2,1H3,(H,34,35)(H,37,38). The minimum absolute atomic E-state index is 0.0312. The van der Waals surface area contributed by atoms with Gasteiger partial charge in [0, 0.05) is 41.8 Å². The van der Waals surface area contributed by atoms with Crippen LogP contribution in [0.1, 0.15) is 62.1 Å². The SMILES string of the molecule is CCOC(=O)C1=C(C2CCN(S(=O)(=O)CC3CCC(C(=O)O)CC3)CC2)NC(c2nccs2)=NC1c1ccc(F)c(F)c1Cl. The van der Waals surface area contributed by atoms with Crippen LogP contribution in [-0.4, -0.2) is 66.0 Å². The number of rotatable bonds is 9. The van der Waals surface area contributed by atoms with Crippen molar-refractivity contribution in [1.29, 1.82) is 0 Å². The first-order valence-electron chi connectivity index (χ1n) is 14.5. The third-order valence-electron chi connectivity index (χ3n) is 8.46. The molecule has 1 saturated heterocycles. The van der Waals surface area contributed by atoms with E-state index in [1.807, 2.05) is 0 Å². The summed E-state index contributed by atoms with van der Waals surface area (Å²) in [6.07, 6.45) is 4.39. The summed E-state index contributed by atoms with van der Waals surface area (Å²) >= 11 is 7.56. The Labute approximate surface area is 263 Å². The largest absolute Gasteiger partial charge is 0.481 e. The first kappa shape index (κ1) is 32.5. The lowest BCUT2D eigenvalue weighted by atomic mass is 9.83. The van der Waals surface area contributed by atoms with Crippen LogP contribution in [0.2, 0.25) is 5.02 Å². The molecule has 3 heterocycles. The Balaban J connectivity index is 1.42. The highest BCUT2D eigenvalue weighted by molar-refractivity contribution is 7.89. The first-order valence-corrected chi connectivity index (χ1v) is 17.4. The molecule has 1 saturated carbocycles. The monoisotopic (exact) mass is 670 g/mol. The van der Waals surface area contributed by atoms with E-state index in [0.717, 1.165) is 6.07 Å². The number of esters is 1. The highest BCUT2D eigenvalue weighted by Crippen LogP contribution is 2.41. The van der Waals surface area contributed by atoms with Gasteiger partial charge in [0.15, 0.2) is 22.5 Å². The molecule has 10 nitrogen and oxygen atoms in total. The predicted molar refractivity (Wildman–Crippen MR) is 161 cm³/mol. The molecule has 1 atom stereocenters. The molecule has 238 valence electrons. The number of carboxylic acids is 1. The molecule has 2 N–H and O–H groups in total. The number of carbonyl (C=O) groups is 2. The minimum atomic E-state index is -3.60. The van der Waals surface area contributed by atoms with Crippen molar-refractivity contribution in [2.45, 2.75) is 51.5 Å². The third kappa shape index (κ3) is 6.82. The summed E-state index contributed by atoms with van der Waals surface area (Å²) in [4.78, 5) is 33.7. The van der Waals surface area contributed by atoms with Gasteiger partial charge < -0.3 is 15.2 Å². The van der Waals surface area contributed by atoms with Crippen LogP contribution in [-0.2, 0) is 24.3 Å². The summed E-state index contributed by atoms with van der Waals surface area (Å²) in [6, 6.07) is 1.08. The predicted octanol–water partition coefficient (Wildman–Crippen LogP) is 4.92. The Hall–Kier alpha value is -2.94. The topological polar surface area (TPSA) is 138 Å². The van der Waals surface area contributed by atoms with E-state index in [1.54, 1.807) is 18.5 Å². The van der Waals surface area contributed by atoms with Crippen molar-refractivity contribution in [3.05, 3.63) is 62.2 Å². The normalized spacial score (nSPS) is 23.6. The number of halogens is 3. The number of carbonyl (C=O) groups excluding carboxylic acids is 1. The summed E-state index contributed by atoms with van der Waals surface area (Å²) in [6.45, 7) is 2.12. The van der Waals surface area contributed by atoms with Gasteiger partial charge in [0.05, 0.1) is 28.9 Å². The molecule has 1 unspecified atom stereocenters. The lowest BCUT2D eigenvalue weighted by Gasteiger charge is -2.37. The van der Waals surface area contributed by atoms with Gasteiger partial charge in [0.2, 0.25) is 10.0 Å². The van der Waals surface area contributed by atoms with Gasteiger partial charge in [-0.05, 0) is 57.4 Å². The van der Waals surface area contributed by atoms with Crippen molar-refractivity contribution < 1.29 is 36.6 Å². The zero-order valence-electron chi connectivity index (χ0n) is 24.0. The number of nitrogens with one attached hydrogen (secondary N) is 1. The van der Waals surface area contributed by atoms with Crippen molar-refractivity contribution in [1.82, 2.24) is 14.6 Å². The number of benzene rings is 1. The van der Waals surface area contributed by atoms with E-state index in [0.29, 0.717) is 55.1 Å². The molecular weight excluding hydrogens is 638 g/mol. The molecule has 3 aliphatic rings. The van der Waals surface area contributed by atoms with Crippen molar-refractivity contribution in [3.63, 3.8) is 0 Å². The maximum absolute atomic E-state index is 14.6. The Morgan fingerprint density at radius 3 is 2.48 bits per heavy atom. The van der Waals surface area contributed by atoms with Crippen molar-refractivity contribution in [3.8, 4) is 0 Å². The number of nitrogens with zero attached hydrogens (tertiary/aromatic N) is 3. The van der Waals surface area contributed by atoms with Crippen LogP contribution >= 0.6 is 22.9 Å². The Kier molecular flexibility index (Phi) is 10.0. The minimum Gasteiger partial charge on any atom is -0.481 e. The molecule has 0 spiro atoms. The number of aliphatic carboxylic acids is 1. The second-order valence-electron chi connectivity index (χ2n) is 11.2. The average molecular weight is 671 g/mol. The number of piperidine rings is 1. The highest BCUT2D eigenvalue weighted by Gasteiger charge is 2.40. The lowest BCUT2D eigenvalue weighted by molar-refractivity contribution is -0.143. The number of carboxylic acid groups (broad SMARTS) is 1. The maximum atomic E-state index is 14.6. The van der Waals surface area contributed by atoms with Gasteiger partial charge in [-0.3, -0.25) is 9.79 Å². The molecule has 2 aromatic rings.